The number of nitrogens with zero attached hydrogens (tertiary/aromatic N) is 2. The molecule has 1 aromatic heterocycles. The smallest absolute Gasteiger partial charge is 0.128 e. The molecule has 16 heavy (non-hydrogen) atoms. The van der Waals surface area contributed by atoms with Crippen molar-refractivity contribution in [3.05, 3.63) is 22.8 Å². The number of anilines is 1. The molecule has 3 nitrogen and oxygen atoms in total. The summed E-state index contributed by atoms with van der Waals surface area (Å²) in [6.07, 6.45) is 1.70. The fraction of sp³-hybridized carbons (Fsp3) is 0.583. The Labute approximate surface area is 103 Å². The topological polar surface area (TPSA) is 28.2 Å². The zero-order valence-electron chi connectivity index (χ0n) is 10.6. The third-order valence-electron chi connectivity index (χ3n) is 2.19. The molecule has 0 aliphatic heterocycles. The van der Waals surface area contributed by atoms with Gasteiger partial charge >= 0.3 is 0 Å². The van der Waals surface area contributed by atoms with Gasteiger partial charge in [0.05, 0.1) is 5.02 Å². The first-order valence-corrected chi connectivity index (χ1v) is 5.74. The van der Waals surface area contributed by atoms with Gasteiger partial charge in [0.15, 0.2) is 0 Å². The second-order valence-corrected chi connectivity index (χ2v) is 5.54. The summed E-state index contributed by atoms with van der Waals surface area (Å²) in [4.78, 5) is 6.22. The van der Waals surface area contributed by atoms with Gasteiger partial charge in [-0.25, -0.2) is 4.98 Å². The van der Waals surface area contributed by atoms with Gasteiger partial charge in [0.1, 0.15) is 5.82 Å². The molecular weight excluding hydrogens is 222 g/mol. The Bertz CT molecular complexity index is 356. The normalized spacial score (nSPS) is 11.6. The summed E-state index contributed by atoms with van der Waals surface area (Å²) in [5.41, 5.74) is 1.17. The molecule has 0 saturated heterocycles. The van der Waals surface area contributed by atoms with Crippen LogP contribution in [0.15, 0.2) is 12.3 Å². The zero-order valence-corrected chi connectivity index (χ0v) is 11.4. The maximum atomic E-state index is 6.11. The van der Waals surface area contributed by atoms with Gasteiger partial charge in [0.25, 0.3) is 0 Å². The Hall–Kier alpha value is -0.800. The number of rotatable bonds is 3. The van der Waals surface area contributed by atoms with E-state index in [0.29, 0.717) is 5.02 Å². The van der Waals surface area contributed by atoms with Crippen LogP contribution in [0.4, 0.5) is 5.82 Å². The summed E-state index contributed by atoms with van der Waals surface area (Å²) in [6.45, 7) is 7.16. The fourth-order valence-electron chi connectivity index (χ4n) is 1.21. The van der Waals surface area contributed by atoms with E-state index in [1.807, 2.05) is 25.1 Å². The molecule has 0 spiro atoms. The summed E-state index contributed by atoms with van der Waals surface area (Å²) in [5, 5.41) is 4.12. The molecule has 0 atom stereocenters. The largest absolute Gasteiger partial charge is 0.363 e. The summed E-state index contributed by atoms with van der Waals surface area (Å²) in [5.74, 6) is 0.926. The number of hydrogen-bond acceptors (Lipinski definition) is 3. The van der Waals surface area contributed by atoms with Gasteiger partial charge in [-0.3, -0.25) is 0 Å². The van der Waals surface area contributed by atoms with E-state index in [9.17, 15) is 0 Å². The second kappa shape index (κ2) is 5.02. The number of aromatic nitrogens is 1. The first-order chi connectivity index (χ1) is 7.29. The molecular formula is C12H20ClN3. The molecule has 0 saturated carbocycles. The minimum Gasteiger partial charge on any atom is -0.363 e. The van der Waals surface area contributed by atoms with E-state index in [1.165, 1.54) is 0 Å². The molecule has 0 aromatic carbocycles. The predicted octanol–water partition coefficient (Wildman–Crippen LogP) is 2.69. The zero-order chi connectivity index (χ0) is 12.3. The highest BCUT2D eigenvalue weighted by molar-refractivity contribution is 6.31. The Balaban J connectivity index is 2.82. The highest BCUT2D eigenvalue weighted by Gasteiger charge is 2.11. The molecule has 1 aromatic rings. The van der Waals surface area contributed by atoms with Crippen LogP contribution in [0.2, 0.25) is 5.02 Å². The van der Waals surface area contributed by atoms with E-state index in [0.717, 1.165) is 17.9 Å². The molecule has 0 radical (unpaired) electrons. The van der Waals surface area contributed by atoms with Crippen LogP contribution in [0, 0.1) is 0 Å². The van der Waals surface area contributed by atoms with Crippen molar-refractivity contribution >= 4 is 17.4 Å². The quantitative estimate of drug-likeness (QED) is 0.882. The molecule has 90 valence electrons. The molecule has 0 bridgehead atoms. The van der Waals surface area contributed by atoms with Gasteiger partial charge in [-0.15, -0.1) is 0 Å². The summed E-state index contributed by atoms with van der Waals surface area (Å²) in [7, 11) is 3.94. The molecule has 1 rings (SSSR count). The lowest BCUT2D eigenvalue weighted by Gasteiger charge is -2.21. The number of pyridine rings is 1. The van der Waals surface area contributed by atoms with Crippen LogP contribution in [0.3, 0.4) is 0 Å². The Morgan fingerprint density at radius 1 is 1.38 bits per heavy atom. The van der Waals surface area contributed by atoms with Crippen molar-refractivity contribution in [3.8, 4) is 0 Å². The molecule has 0 fully saturated rings. The van der Waals surface area contributed by atoms with Crippen LogP contribution in [-0.2, 0) is 6.54 Å². The Morgan fingerprint density at radius 3 is 2.50 bits per heavy atom. The number of nitrogens with one attached hydrogen (secondary N) is 1. The molecule has 0 unspecified atom stereocenters. The molecule has 0 amide bonds. The third-order valence-corrected chi connectivity index (χ3v) is 2.53. The highest BCUT2D eigenvalue weighted by Crippen LogP contribution is 2.19. The van der Waals surface area contributed by atoms with Gasteiger partial charge in [0.2, 0.25) is 0 Å². The van der Waals surface area contributed by atoms with Crippen molar-refractivity contribution < 1.29 is 0 Å². The number of halogens is 1. The highest BCUT2D eigenvalue weighted by atomic mass is 35.5. The molecule has 0 aliphatic carbocycles. The third kappa shape index (κ3) is 3.99. The van der Waals surface area contributed by atoms with Crippen LogP contribution in [0.25, 0.3) is 0 Å². The van der Waals surface area contributed by atoms with Crippen LogP contribution in [0.5, 0.6) is 0 Å². The van der Waals surface area contributed by atoms with E-state index >= 15 is 0 Å². The minimum absolute atomic E-state index is 0.0882. The van der Waals surface area contributed by atoms with Crippen LogP contribution < -0.4 is 10.2 Å². The van der Waals surface area contributed by atoms with E-state index in [4.69, 9.17) is 11.6 Å². The fourth-order valence-corrected chi connectivity index (χ4v) is 1.38. The van der Waals surface area contributed by atoms with Crippen LogP contribution >= 0.6 is 11.6 Å². The van der Waals surface area contributed by atoms with Gasteiger partial charge in [0, 0.05) is 32.4 Å². The maximum Gasteiger partial charge on any atom is 0.128 e. The van der Waals surface area contributed by atoms with Gasteiger partial charge in [-0.05, 0) is 32.4 Å². The van der Waals surface area contributed by atoms with Gasteiger partial charge in [-0.1, -0.05) is 11.6 Å². The van der Waals surface area contributed by atoms with Crippen molar-refractivity contribution in [2.75, 3.05) is 19.0 Å². The minimum atomic E-state index is 0.0882. The summed E-state index contributed by atoms with van der Waals surface area (Å²) >= 11 is 6.11. The lowest BCUT2D eigenvalue weighted by atomic mass is 10.1. The van der Waals surface area contributed by atoms with Crippen molar-refractivity contribution in [2.24, 2.45) is 0 Å². The lowest BCUT2D eigenvalue weighted by molar-refractivity contribution is 0.424. The van der Waals surface area contributed by atoms with Crippen LogP contribution in [0.1, 0.15) is 26.3 Å². The van der Waals surface area contributed by atoms with Gasteiger partial charge < -0.3 is 10.2 Å². The van der Waals surface area contributed by atoms with Crippen molar-refractivity contribution in [3.63, 3.8) is 0 Å². The second-order valence-electron chi connectivity index (χ2n) is 5.13. The van der Waals surface area contributed by atoms with Crippen molar-refractivity contribution in [2.45, 2.75) is 32.9 Å². The van der Waals surface area contributed by atoms with Crippen molar-refractivity contribution in [1.29, 1.82) is 0 Å². The number of hydrogen-bond donors (Lipinski definition) is 1. The standard InChI is InChI=1S/C12H20ClN3/c1-12(2,3)15-7-9-6-11(16(4)5)14-8-10(9)13/h6,8,15H,7H2,1-5H3. The Morgan fingerprint density at radius 2 is 2.00 bits per heavy atom. The Kier molecular flexibility index (Phi) is 4.16. The average molecular weight is 242 g/mol. The van der Waals surface area contributed by atoms with E-state index in [1.54, 1.807) is 6.20 Å². The molecule has 4 heteroatoms. The monoisotopic (exact) mass is 241 g/mol. The first kappa shape index (κ1) is 13.3. The SMILES string of the molecule is CN(C)c1cc(CNC(C)(C)C)c(Cl)cn1. The maximum absolute atomic E-state index is 6.11. The van der Waals surface area contributed by atoms with E-state index in [2.05, 4.69) is 31.1 Å². The average Bonchev–Trinajstić information content (AvgIpc) is 2.14. The van der Waals surface area contributed by atoms with Crippen LogP contribution in [-0.4, -0.2) is 24.6 Å². The summed E-state index contributed by atoms with van der Waals surface area (Å²) < 4.78 is 0. The molecule has 0 aliphatic rings. The summed E-state index contributed by atoms with van der Waals surface area (Å²) in [6, 6.07) is 2.01. The molecule has 1 N–H and O–H groups in total. The lowest BCUT2D eigenvalue weighted by Crippen LogP contribution is -2.35. The first-order valence-electron chi connectivity index (χ1n) is 5.36. The predicted molar refractivity (Wildman–Crippen MR) is 70.2 cm³/mol. The van der Waals surface area contributed by atoms with E-state index in [-0.39, 0.29) is 5.54 Å². The van der Waals surface area contributed by atoms with E-state index < -0.39 is 0 Å². The van der Waals surface area contributed by atoms with Crippen molar-refractivity contribution in [1.82, 2.24) is 10.3 Å². The molecule has 1 heterocycles. The van der Waals surface area contributed by atoms with Gasteiger partial charge in [-0.2, -0.15) is 0 Å².